The molecule has 2 atom stereocenters. The van der Waals surface area contributed by atoms with Gasteiger partial charge in [0.1, 0.15) is 6.10 Å². The van der Waals surface area contributed by atoms with Crippen molar-refractivity contribution < 1.29 is 14.3 Å². The predicted octanol–water partition coefficient (Wildman–Crippen LogP) is 1.45. The molecule has 1 saturated heterocycles. The van der Waals surface area contributed by atoms with E-state index in [1.54, 1.807) is 0 Å². The molecule has 3 heteroatoms. The molecule has 1 aliphatic rings. The van der Waals surface area contributed by atoms with Crippen molar-refractivity contribution in [3.63, 3.8) is 0 Å². The van der Waals surface area contributed by atoms with Crippen LogP contribution in [0.3, 0.4) is 0 Å². The van der Waals surface area contributed by atoms with Crippen molar-refractivity contribution in [1.29, 1.82) is 0 Å². The third kappa shape index (κ3) is 1.98. The van der Waals surface area contributed by atoms with Crippen LogP contribution >= 0.6 is 0 Å². The van der Waals surface area contributed by atoms with Crippen molar-refractivity contribution in [2.24, 2.45) is 0 Å². The fourth-order valence-corrected chi connectivity index (χ4v) is 1.29. The molecule has 0 N–H and O–H groups in total. The monoisotopic (exact) mass is 182 g/mol. The van der Waals surface area contributed by atoms with E-state index in [0.717, 1.165) is 11.1 Å². The Hall–Kier alpha value is -1.09. The lowest BCUT2D eigenvalue weighted by Crippen LogP contribution is -2.40. The van der Waals surface area contributed by atoms with Gasteiger partial charge in [0.25, 0.3) is 0 Å². The molecule has 1 heterocycles. The summed E-state index contributed by atoms with van der Waals surface area (Å²) in [5.41, 5.74) is 1.85. The number of hydrogen-bond donors (Lipinski definition) is 0. The summed E-state index contributed by atoms with van der Waals surface area (Å²) in [6.07, 6.45) is 1.38. The van der Waals surface area contributed by atoms with Crippen molar-refractivity contribution >= 4 is 5.97 Å². The second-order valence-corrected chi connectivity index (χ2v) is 3.17. The largest absolute Gasteiger partial charge is 0.466 e. The first kappa shape index (κ1) is 9.99. The van der Waals surface area contributed by atoms with Crippen LogP contribution in [0.1, 0.15) is 13.8 Å². The highest BCUT2D eigenvalue weighted by Crippen LogP contribution is 2.31. The predicted molar refractivity (Wildman–Crippen MR) is 49.2 cm³/mol. The van der Waals surface area contributed by atoms with Crippen LogP contribution < -0.4 is 0 Å². The average Bonchev–Trinajstić information content (AvgIpc) is 2.09. The molecule has 0 bridgehead atoms. The molecule has 0 radical (unpaired) electrons. The number of ether oxygens (including phenoxy) is 2. The van der Waals surface area contributed by atoms with Gasteiger partial charge in [-0.25, -0.2) is 4.79 Å². The fraction of sp³-hybridized carbons (Fsp3) is 0.500. The van der Waals surface area contributed by atoms with Gasteiger partial charge < -0.3 is 9.47 Å². The van der Waals surface area contributed by atoms with Crippen LogP contribution in [-0.4, -0.2) is 25.3 Å². The zero-order valence-corrected chi connectivity index (χ0v) is 8.16. The Morgan fingerprint density at radius 2 is 2.31 bits per heavy atom. The summed E-state index contributed by atoms with van der Waals surface area (Å²) in [4.78, 5) is 10.9. The lowest BCUT2D eigenvalue weighted by Gasteiger charge is -2.37. The van der Waals surface area contributed by atoms with E-state index in [-0.39, 0.29) is 18.2 Å². The second-order valence-electron chi connectivity index (χ2n) is 3.17. The molecule has 0 aromatic heterocycles. The molecule has 13 heavy (non-hydrogen) atoms. The number of esters is 1. The van der Waals surface area contributed by atoms with Crippen LogP contribution in [0, 0.1) is 0 Å². The highest BCUT2D eigenvalue weighted by Gasteiger charge is 2.33. The van der Waals surface area contributed by atoms with Gasteiger partial charge in [-0.05, 0) is 25.0 Å². The van der Waals surface area contributed by atoms with Gasteiger partial charge in [-0.1, -0.05) is 6.58 Å². The molecule has 3 nitrogen and oxygen atoms in total. The molecule has 0 spiro atoms. The zero-order chi connectivity index (χ0) is 10.0. The van der Waals surface area contributed by atoms with Crippen LogP contribution in [0.25, 0.3) is 0 Å². The lowest BCUT2D eigenvalue weighted by molar-refractivity contribution is -0.135. The fourth-order valence-electron chi connectivity index (χ4n) is 1.29. The highest BCUT2D eigenvalue weighted by atomic mass is 16.5. The van der Waals surface area contributed by atoms with E-state index in [1.165, 1.54) is 13.2 Å². The summed E-state index contributed by atoms with van der Waals surface area (Å²) in [5.74, 6) is -0.337. The third-order valence-electron chi connectivity index (χ3n) is 2.05. The minimum Gasteiger partial charge on any atom is -0.466 e. The van der Waals surface area contributed by atoms with E-state index in [4.69, 9.17) is 4.74 Å². The molecule has 1 rings (SSSR count). The van der Waals surface area contributed by atoms with Crippen LogP contribution in [-0.2, 0) is 14.3 Å². The normalized spacial score (nSPS) is 29.6. The minimum atomic E-state index is -0.337. The molecule has 1 fully saturated rings. The number of methoxy groups -OCH3 is 1. The van der Waals surface area contributed by atoms with E-state index in [9.17, 15) is 4.79 Å². The van der Waals surface area contributed by atoms with Crippen molar-refractivity contribution in [2.45, 2.75) is 26.1 Å². The Kier molecular flexibility index (Phi) is 2.88. The smallest absolute Gasteiger partial charge is 0.330 e. The van der Waals surface area contributed by atoms with Gasteiger partial charge in [-0.2, -0.15) is 0 Å². The number of hydrogen-bond acceptors (Lipinski definition) is 3. The van der Waals surface area contributed by atoms with Crippen molar-refractivity contribution in [3.05, 3.63) is 23.8 Å². The van der Waals surface area contributed by atoms with Gasteiger partial charge in [0.05, 0.1) is 13.2 Å². The summed E-state index contributed by atoms with van der Waals surface area (Å²) < 4.78 is 9.92. The first-order valence-corrected chi connectivity index (χ1v) is 4.16. The average molecular weight is 182 g/mol. The van der Waals surface area contributed by atoms with Gasteiger partial charge in [-0.3, -0.25) is 0 Å². The van der Waals surface area contributed by atoms with E-state index >= 15 is 0 Å². The molecular formula is C10H14O3. The van der Waals surface area contributed by atoms with Crippen molar-refractivity contribution in [2.75, 3.05) is 7.11 Å². The van der Waals surface area contributed by atoms with Crippen molar-refractivity contribution in [1.82, 2.24) is 0 Å². The van der Waals surface area contributed by atoms with Gasteiger partial charge >= 0.3 is 5.97 Å². The molecule has 1 aliphatic heterocycles. The van der Waals surface area contributed by atoms with Crippen LogP contribution in [0.15, 0.2) is 23.8 Å². The topological polar surface area (TPSA) is 35.5 Å². The maximum absolute atomic E-state index is 10.9. The molecule has 72 valence electrons. The Morgan fingerprint density at radius 3 is 2.69 bits per heavy atom. The Morgan fingerprint density at radius 1 is 1.69 bits per heavy atom. The SMILES string of the molecule is C=C(C)[C@H]1O[C@H](C)/C1=C/C(=O)OC. The van der Waals surface area contributed by atoms with Gasteiger partial charge in [0, 0.05) is 6.08 Å². The third-order valence-corrected chi connectivity index (χ3v) is 2.05. The standard InChI is InChI=1S/C10H14O3/c1-6(2)10-8(7(3)13-10)5-9(11)12-4/h5,7,10H,1H2,2-4H3/b8-5-/t7-,10-/m1/s1. The summed E-state index contributed by atoms with van der Waals surface area (Å²) in [5, 5.41) is 0. The van der Waals surface area contributed by atoms with Gasteiger partial charge in [0.2, 0.25) is 0 Å². The van der Waals surface area contributed by atoms with Crippen molar-refractivity contribution in [3.8, 4) is 0 Å². The minimum absolute atomic E-state index is 0.000741. The summed E-state index contributed by atoms with van der Waals surface area (Å²) in [6.45, 7) is 7.55. The van der Waals surface area contributed by atoms with E-state index in [1.807, 2.05) is 13.8 Å². The first-order valence-electron chi connectivity index (χ1n) is 4.16. The molecule has 0 aliphatic carbocycles. The Bertz CT molecular complexity index is 265. The molecular weight excluding hydrogens is 168 g/mol. The molecule has 0 unspecified atom stereocenters. The highest BCUT2D eigenvalue weighted by molar-refractivity contribution is 5.83. The summed E-state index contributed by atoms with van der Waals surface area (Å²) in [7, 11) is 1.36. The zero-order valence-electron chi connectivity index (χ0n) is 8.16. The number of carbonyl (C=O) groups is 1. The van der Waals surface area contributed by atoms with E-state index in [0.29, 0.717) is 0 Å². The summed E-state index contributed by atoms with van der Waals surface area (Å²) in [6, 6.07) is 0. The first-order chi connectivity index (χ1) is 6.06. The quantitative estimate of drug-likeness (QED) is 0.368. The molecule has 0 aromatic carbocycles. The second kappa shape index (κ2) is 3.75. The summed E-state index contributed by atoms with van der Waals surface area (Å²) >= 11 is 0. The number of rotatable bonds is 2. The van der Waals surface area contributed by atoms with Gasteiger partial charge in [0.15, 0.2) is 0 Å². The van der Waals surface area contributed by atoms with Crippen LogP contribution in [0.5, 0.6) is 0 Å². The Balaban J connectivity index is 2.72. The van der Waals surface area contributed by atoms with Gasteiger partial charge in [-0.15, -0.1) is 0 Å². The molecule has 0 aromatic rings. The van der Waals surface area contributed by atoms with E-state index < -0.39 is 0 Å². The molecule has 0 saturated carbocycles. The maximum atomic E-state index is 10.9. The maximum Gasteiger partial charge on any atom is 0.330 e. The van der Waals surface area contributed by atoms with Crippen LogP contribution in [0.4, 0.5) is 0 Å². The Labute approximate surface area is 78.0 Å². The molecule has 0 amide bonds. The van der Waals surface area contributed by atoms with E-state index in [2.05, 4.69) is 11.3 Å². The number of carbonyl (C=O) groups excluding carboxylic acids is 1. The van der Waals surface area contributed by atoms with Crippen LogP contribution in [0.2, 0.25) is 0 Å². The lowest BCUT2D eigenvalue weighted by atomic mass is 9.93.